The van der Waals surface area contributed by atoms with Gasteiger partial charge in [-0.2, -0.15) is 8.75 Å². The Bertz CT molecular complexity index is 917. The number of nitrogens with zero attached hydrogens (tertiary/aromatic N) is 2. The van der Waals surface area contributed by atoms with Crippen LogP contribution < -0.4 is 5.32 Å². The number of carbonyl (C=O) groups excluding carboxylic acids is 1. The van der Waals surface area contributed by atoms with Gasteiger partial charge in [-0.15, -0.1) is 11.3 Å². The number of nitrogens with one attached hydrogen (secondary N) is 1. The molecule has 0 aliphatic carbocycles. The van der Waals surface area contributed by atoms with Crippen LogP contribution in [0.5, 0.6) is 0 Å². The largest absolute Gasteiger partial charge is 0.351 e. The molecule has 23 heavy (non-hydrogen) atoms. The first-order valence-corrected chi connectivity index (χ1v) is 10.1. The molecule has 0 saturated carbocycles. The summed E-state index contributed by atoms with van der Waals surface area (Å²) in [5, 5.41) is 4.65. The second kappa shape index (κ2) is 6.73. The fraction of sp³-hybridized carbons (Fsp3) is 0.214. The van der Waals surface area contributed by atoms with E-state index < -0.39 is 9.84 Å². The number of hydrogen-bond acceptors (Lipinski definition) is 7. The Kier molecular flexibility index (Phi) is 4.69. The summed E-state index contributed by atoms with van der Waals surface area (Å²) in [5.41, 5.74) is 0.926. The number of rotatable bonds is 6. The molecule has 0 unspecified atom stereocenters. The molecule has 1 aromatic carbocycles. The Balaban J connectivity index is 1.64. The van der Waals surface area contributed by atoms with Gasteiger partial charge in [-0.3, -0.25) is 4.79 Å². The van der Waals surface area contributed by atoms with Gasteiger partial charge in [0.05, 0.1) is 28.9 Å². The maximum Gasteiger partial charge on any atom is 0.221 e. The minimum Gasteiger partial charge on any atom is -0.351 e. The van der Waals surface area contributed by atoms with E-state index in [0.29, 0.717) is 17.6 Å². The molecule has 120 valence electrons. The van der Waals surface area contributed by atoms with Crippen molar-refractivity contribution in [2.75, 3.05) is 5.75 Å². The Morgan fingerprint density at radius 3 is 2.83 bits per heavy atom. The molecule has 0 aliphatic rings. The summed E-state index contributed by atoms with van der Waals surface area (Å²) in [6, 6.07) is 8.67. The van der Waals surface area contributed by atoms with E-state index in [-0.39, 0.29) is 23.0 Å². The maximum atomic E-state index is 12.4. The van der Waals surface area contributed by atoms with Gasteiger partial charge in [0.1, 0.15) is 11.0 Å². The van der Waals surface area contributed by atoms with Crippen LogP contribution in [0.1, 0.15) is 11.3 Å². The molecule has 6 nitrogen and oxygen atoms in total. The summed E-state index contributed by atoms with van der Waals surface area (Å²) in [7, 11) is -3.58. The Morgan fingerprint density at radius 1 is 1.17 bits per heavy atom. The molecule has 2 aromatic heterocycles. The molecule has 1 N–H and O–H groups in total. The summed E-state index contributed by atoms with van der Waals surface area (Å²) < 4.78 is 32.9. The molecule has 0 aliphatic heterocycles. The van der Waals surface area contributed by atoms with E-state index in [4.69, 9.17) is 0 Å². The van der Waals surface area contributed by atoms with Crippen LogP contribution in [-0.4, -0.2) is 28.8 Å². The van der Waals surface area contributed by atoms with Crippen molar-refractivity contribution >= 4 is 49.8 Å². The van der Waals surface area contributed by atoms with Crippen molar-refractivity contribution in [3.8, 4) is 0 Å². The van der Waals surface area contributed by atoms with Crippen LogP contribution >= 0.6 is 23.1 Å². The van der Waals surface area contributed by atoms with Crippen LogP contribution in [0.2, 0.25) is 0 Å². The lowest BCUT2D eigenvalue weighted by Crippen LogP contribution is -2.24. The molecule has 0 saturated heterocycles. The summed E-state index contributed by atoms with van der Waals surface area (Å²) in [6.45, 7) is 0.419. The third-order valence-electron chi connectivity index (χ3n) is 3.22. The summed E-state index contributed by atoms with van der Waals surface area (Å²) in [4.78, 5) is 13.0. The van der Waals surface area contributed by atoms with Gasteiger partial charge in [0, 0.05) is 11.3 Å². The topological polar surface area (TPSA) is 89.0 Å². The average molecular weight is 367 g/mol. The number of fused-ring (bicyclic) bond motifs is 1. The van der Waals surface area contributed by atoms with Gasteiger partial charge in [0.25, 0.3) is 0 Å². The van der Waals surface area contributed by atoms with E-state index in [1.807, 2.05) is 17.5 Å². The fourth-order valence-electron chi connectivity index (χ4n) is 2.06. The number of aromatic nitrogens is 2. The zero-order valence-corrected chi connectivity index (χ0v) is 14.4. The monoisotopic (exact) mass is 367 g/mol. The molecule has 3 aromatic rings. The van der Waals surface area contributed by atoms with Crippen LogP contribution in [0, 0.1) is 0 Å². The predicted octanol–water partition coefficient (Wildman–Crippen LogP) is 2.23. The normalized spacial score (nSPS) is 11.7. The van der Waals surface area contributed by atoms with Crippen molar-refractivity contribution < 1.29 is 13.2 Å². The van der Waals surface area contributed by atoms with Crippen molar-refractivity contribution in [1.29, 1.82) is 0 Å². The van der Waals surface area contributed by atoms with Crippen molar-refractivity contribution in [2.45, 2.75) is 17.9 Å². The Labute approximate surface area is 141 Å². The molecular formula is C14H13N3O3S3. The molecule has 0 radical (unpaired) electrons. The highest BCUT2D eigenvalue weighted by molar-refractivity contribution is 7.91. The van der Waals surface area contributed by atoms with Crippen molar-refractivity contribution in [1.82, 2.24) is 14.1 Å². The Hall–Kier alpha value is -1.84. The highest BCUT2D eigenvalue weighted by Gasteiger charge is 2.20. The number of carbonyl (C=O) groups is 1. The van der Waals surface area contributed by atoms with Gasteiger partial charge in [0.15, 0.2) is 9.84 Å². The lowest BCUT2D eigenvalue weighted by Gasteiger charge is -2.06. The third kappa shape index (κ3) is 3.74. The lowest BCUT2D eigenvalue weighted by molar-refractivity contribution is -0.120. The quantitative estimate of drug-likeness (QED) is 0.722. The maximum absolute atomic E-state index is 12.4. The molecular weight excluding hydrogens is 354 g/mol. The molecule has 2 heterocycles. The SMILES string of the molecule is O=C(CCS(=O)(=O)c1cccc2nsnc12)NCc1cccs1. The van der Waals surface area contributed by atoms with Crippen LogP contribution in [0.3, 0.4) is 0 Å². The smallest absolute Gasteiger partial charge is 0.221 e. The van der Waals surface area contributed by atoms with Gasteiger partial charge in [-0.05, 0) is 23.6 Å². The summed E-state index contributed by atoms with van der Waals surface area (Å²) in [5.74, 6) is -0.537. The molecule has 3 rings (SSSR count). The van der Waals surface area contributed by atoms with Crippen LogP contribution in [0.15, 0.2) is 40.6 Å². The van der Waals surface area contributed by atoms with Gasteiger partial charge in [-0.1, -0.05) is 12.1 Å². The third-order valence-corrected chi connectivity index (χ3v) is 6.38. The van der Waals surface area contributed by atoms with Crippen molar-refractivity contribution in [2.24, 2.45) is 0 Å². The van der Waals surface area contributed by atoms with E-state index in [0.717, 1.165) is 16.6 Å². The van der Waals surface area contributed by atoms with E-state index >= 15 is 0 Å². The van der Waals surface area contributed by atoms with Gasteiger partial charge in [-0.25, -0.2) is 8.42 Å². The molecule has 1 amide bonds. The first-order valence-electron chi connectivity index (χ1n) is 6.79. The number of benzene rings is 1. The zero-order chi connectivity index (χ0) is 16.3. The number of hydrogen-bond donors (Lipinski definition) is 1. The number of sulfone groups is 1. The second-order valence-electron chi connectivity index (χ2n) is 4.81. The van der Waals surface area contributed by atoms with Crippen LogP contribution in [0.25, 0.3) is 11.0 Å². The predicted molar refractivity (Wildman–Crippen MR) is 90.3 cm³/mol. The number of amides is 1. The van der Waals surface area contributed by atoms with E-state index in [1.165, 1.54) is 6.07 Å². The molecule has 9 heteroatoms. The van der Waals surface area contributed by atoms with Gasteiger partial charge >= 0.3 is 0 Å². The first kappa shape index (κ1) is 16.0. The highest BCUT2D eigenvalue weighted by Crippen LogP contribution is 2.22. The highest BCUT2D eigenvalue weighted by atomic mass is 32.2. The van der Waals surface area contributed by atoms with Crippen LogP contribution in [0.4, 0.5) is 0 Å². The van der Waals surface area contributed by atoms with Gasteiger partial charge in [0.2, 0.25) is 5.91 Å². The van der Waals surface area contributed by atoms with Crippen LogP contribution in [-0.2, 0) is 21.2 Å². The van der Waals surface area contributed by atoms with E-state index in [9.17, 15) is 13.2 Å². The first-order chi connectivity index (χ1) is 11.1. The molecule has 0 fully saturated rings. The lowest BCUT2D eigenvalue weighted by atomic mass is 10.3. The average Bonchev–Trinajstić information content (AvgIpc) is 3.21. The fourth-order valence-corrected chi connectivity index (χ4v) is 4.71. The minimum absolute atomic E-state index is 0.0817. The molecule has 0 spiro atoms. The number of thiophene rings is 1. The van der Waals surface area contributed by atoms with E-state index in [1.54, 1.807) is 23.5 Å². The van der Waals surface area contributed by atoms with E-state index in [2.05, 4.69) is 14.1 Å². The second-order valence-corrected chi connectivity index (χ2v) is 8.45. The van der Waals surface area contributed by atoms with Crippen molar-refractivity contribution in [3.63, 3.8) is 0 Å². The van der Waals surface area contributed by atoms with Crippen molar-refractivity contribution in [3.05, 3.63) is 40.6 Å². The standard InChI is InChI=1S/C14H13N3O3S3/c18-13(15-9-10-3-2-7-21-10)6-8-23(19,20)12-5-1-4-11-14(12)17-22-16-11/h1-5,7H,6,8-9H2,(H,15,18). The Morgan fingerprint density at radius 2 is 2.04 bits per heavy atom. The summed E-state index contributed by atoms with van der Waals surface area (Å²) >= 11 is 2.51. The minimum atomic E-state index is -3.58. The molecule has 0 atom stereocenters. The van der Waals surface area contributed by atoms with Gasteiger partial charge < -0.3 is 5.32 Å². The molecule has 0 bridgehead atoms. The summed E-state index contributed by atoms with van der Waals surface area (Å²) in [6.07, 6.45) is -0.0817. The zero-order valence-electron chi connectivity index (χ0n) is 11.9.